The van der Waals surface area contributed by atoms with Gasteiger partial charge in [-0.05, 0) is 12.8 Å². The summed E-state index contributed by atoms with van der Waals surface area (Å²) in [5.74, 6) is 4.66. The molecule has 0 saturated heterocycles. The Morgan fingerprint density at radius 2 is 2.33 bits per heavy atom. The smallest absolute Gasteiger partial charge is 0.0342 e. The van der Waals surface area contributed by atoms with Crippen molar-refractivity contribution >= 4 is 0 Å². The van der Waals surface area contributed by atoms with E-state index in [1.807, 2.05) is 0 Å². The Labute approximate surface area is 36.4 Å². The maximum absolute atomic E-state index is 4.66. The molecule has 1 rings (SSSR count). The van der Waals surface area contributed by atoms with Crippen molar-refractivity contribution < 1.29 is 4.94 Å². The van der Waals surface area contributed by atoms with Crippen molar-refractivity contribution in [2.24, 2.45) is 5.90 Å². The minimum Gasteiger partial charge on any atom is -0.217 e. The molecule has 0 aliphatic heterocycles. The molecule has 3 nitrogen and oxygen atoms in total. The van der Waals surface area contributed by atoms with Gasteiger partial charge in [-0.3, -0.25) is 0 Å². The molecule has 1 fully saturated rings. The molecule has 0 atom stereocenters. The predicted octanol–water partition coefficient (Wildman–Crippen LogP) is -0.456. The molecule has 0 aromatic heterocycles. The summed E-state index contributed by atoms with van der Waals surface area (Å²) in [6.07, 6.45) is 2.41. The first-order valence-electron chi connectivity index (χ1n) is 2.04. The monoisotopic (exact) mass is 88.1 g/mol. The van der Waals surface area contributed by atoms with Crippen molar-refractivity contribution in [3.63, 3.8) is 0 Å². The van der Waals surface area contributed by atoms with E-state index in [0.717, 1.165) is 0 Å². The van der Waals surface area contributed by atoms with Gasteiger partial charge in [-0.25, -0.2) is 4.94 Å². The summed E-state index contributed by atoms with van der Waals surface area (Å²) in [6.45, 7) is 0. The summed E-state index contributed by atoms with van der Waals surface area (Å²) >= 11 is 0. The standard InChI is InChI=1S/C3H8N2O/c4-6-5-3-1-2-3/h3,5H,1-2,4H2. The zero-order valence-corrected chi connectivity index (χ0v) is 3.48. The van der Waals surface area contributed by atoms with E-state index in [1.54, 1.807) is 0 Å². The molecule has 0 unspecified atom stereocenters. The normalized spacial score (nSPS) is 21.5. The van der Waals surface area contributed by atoms with Gasteiger partial charge in [-0.2, -0.15) is 11.4 Å². The van der Waals surface area contributed by atoms with Crippen molar-refractivity contribution in [2.75, 3.05) is 0 Å². The fraction of sp³-hybridized carbons (Fsp3) is 1.00. The average molecular weight is 88.1 g/mol. The van der Waals surface area contributed by atoms with Crippen LogP contribution in [0.1, 0.15) is 12.8 Å². The summed E-state index contributed by atoms with van der Waals surface area (Å²) in [5, 5.41) is 0. The molecule has 6 heavy (non-hydrogen) atoms. The van der Waals surface area contributed by atoms with Crippen molar-refractivity contribution in [2.45, 2.75) is 18.9 Å². The van der Waals surface area contributed by atoms with Crippen LogP contribution in [0.4, 0.5) is 0 Å². The Morgan fingerprint density at radius 3 is 2.50 bits per heavy atom. The zero-order valence-electron chi connectivity index (χ0n) is 3.48. The lowest BCUT2D eigenvalue weighted by Gasteiger charge is -1.90. The quantitative estimate of drug-likeness (QED) is 0.449. The van der Waals surface area contributed by atoms with Gasteiger partial charge in [0.25, 0.3) is 0 Å². The van der Waals surface area contributed by atoms with Gasteiger partial charge >= 0.3 is 0 Å². The minimum atomic E-state index is 0.551. The molecule has 36 valence electrons. The lowest BCUT2D eigenvalue weighted by Crippen LogP contribution is -2.20. The van der Waals surface area contributed by atoms with Crippen LogP contribution in [-0.4, -0.2) is 6.04 Å². The highest BCUT2D eigenvalue weighted by molar-refractivity contribution is 4.76. The Bertz CT molecular complexity index is 44.1. The van der Waals surface area contributed by atoms with Crippen molar-refractivity contribution in [3.8, 4) is 0 Å². The fourth-order valence-corrected chi connectivity index (χ4v) is 0.297. The van der Waals surface area contributed by atoms with Gasteiger partial charge in [0.1, 0.15) is 0 Å². The van der Waals surface area contributed by atoms with Crippen LogP contribution in [0.3, 0.4) is 0 Å². The summed E-state index contributed by atoms with van der Waals surface area (Å²) in [6, 6.07) is 0.551. The van der Waals surface area contributed by atoms with Gasteiger partial charge in [-0.15, -0.1) is 0 Å². The molecule has 0 heterocycles. The Morgan fingerprint density at radius 1 is 1.67 bits per heavy atom. The van der Waals surface area contributed by atoms with Gasteiger partial charge in [-0.1, -0.05) is 0 Å². The molecule has 0 aromatic carbocycles. The van der Waals surface area contributed by atoms with E-state index < -0.39 is 0 Å². The van der Waals surface area contributed by atoms with E-state index >= 15 is 0 Å². The van der Waals surface area contributed by atoms with Crippen LogP contribution >= 0.6 is 0 Å². The van der Waals surface area contributed by atoms with Crippen molar-refractivity contribution in [1.29, 1.82) is 0 Å². The number of hydroxylamine groups is 1. The highest BCUT2D eigenvalue weighted by atomic mass is 16.8. The summed E-state index contributed by atoms with van der Waals surface area (Å²) in [4.78, 5) is 4.12. The number of nitrogens with one attached hydrogen (secondary N) is 1. The third-order valence-electron chi connectivity index (χ3n) is 0.812. The van der Waals surface area contributed by atoms with E-state index in [0.29, 0.717) is 6.04 Å². The fourth-order valence-electron chi connectivity index (χ4n) is 0.297. The van der Waals surface area contributed by atoms with Gasteiger partial charge in [0.15, 0.2) is 0 Å². The Hall–Kier alpha value is -0.120. The number of nitrogens with two attached hydrogens (primary N) is 1. The molecular formula is C3H8N2O. The molecular weight excluding hydrogens is 80.0 g/mol. The highest BCUT2D eigenvalue weighted by Crippen LogP contribution is 2.17. The third kappa shape index (κ3) is 0.931. The molecule has 3 N–H and O–H groups in total. The number of rotatable bonds is 2. The topological polar surface area (TPSA) is 47.3 Å². The van der Waals surface area contributed by atoms with E-state index in [4.69, 9.17) is 0 Å². The van der Waals surface area contributed by atoms with Gasteiger partial charge in [0.05, 0.1) is 0 Å². The minimum absolute atomic E-state index is 0.551. The first kappa shape index (κ1) is 4.05. The number of hydrogen-bond donors (Lipinski definition) is 2. The second kappa shape index (κ2) is 1.55. The van der Waals surface area contributed by atoms with E-state index in [9.17, 15) is 0 Å². The molecule has 0 bridgehead atoms. The van der Waals surface area contributed by atoms with Crippen LogP contribution in [0.2, 0.25) is 0 Å². The average Bonchev–Trinajstić information content (AvgIpc) is 2.21. The van der Waals surface area contributed by atoms with Crippen LogP contribution < -0.4 is 11.4 Å². The van der Waals surface area contributed by atoms with E-state index in [-0.39, 0.29) is 0 Å². The maximum Gasteiger partial charge on any atom is 0.0342 e. The Kier molecular flexibility index (Phi) is 1.05. The number of hydrogen-bond acceptors (Lipinski definition) is 3. The van der Waals surface area contributed by atoms with E-state index in [1.165, 1.54) is 12.8 Å². The van der Waals surface area contributed by atoms with Crippen LogP contribution in [0.15, 0.2) is 0 Å². The molecule has 0 aromatic rings. The molecule has 1 aliphatic rings. The van der Waals surface area contributed by atoms with Gasteiger partial charge in [0.2, 0.25) is 0 Å². The van der Waals surface area contributed by atoms with Crippen LogP contribution in [0, 0.1) is 0 Å². The molecule has 1 saturated carbocycles. The lowest BCUT2D eigenvalue weighted by atomic mass is 10.8. The lowest BCUT2D eigenvalue weighted by molar-refractivity contribution is 0.0360. The zero-order chi connectivity index (χ0) is 4.41. The predicted molar refractivity (Wildman–Crippen MR) is 21.4 cm³/mol. The first-order valence-corrected chi connectivity index (χ1v) is 2.04. The molecule has 3 heteroatoms. The first-order chi connectivity index (χ1) is 2.93. The summed E-state index contributed by atoms with van der Waals surface area (Å²) < 4.78 is 0. The van der Waals surface area contributed by atoms with E-state index in [2.05, 4.69) is 16.3 Å². The SMILES string of the molecule is NONC1CC1. The van der Waals surface area contributed by atoms with Crippen LogP contribution in [-0.2, 0) is 4.94 Å². The Balaban J connectivity index is 1.88. The summed E-state index contributed by atoms with van der Waals surface area (Å²) in [7, 11) is 0. The molecule has 0 amide bonds. The molecule has 0 radical (unpaired) electrons. The van der Waals surface area contributed by atoms with Gasteiger partial charge < -0.3 is 0 Å². The van der Waals surface area contributed by atoms with Crippen LogP contribution in [0.5, 0.6) is 0 Å². The van der Waals surface area contributed by atoms with Gasteiger partial charge in [0, 0.05) is 6.04 Å². The largest absolute Gasteiger partial charge is 0.217 e. The molecule has 1 aliphatic carbocycles. The van der Waals surface area contributed by atoms with Crippen molar-refractivity contribution in [3.05, 3.63) is 0 Å². The maximum atomic E-state index is 4.66. The molecule has 0 spiro atoms. The second-order valence-electron chi connectivity index (χ2n) is 1.51. The summed E-state index contributed by atoms with van der Waals surface area (Å²) in [5.41, 5.74) is 2.60. The third-order valence-corrected chi connectivity index (χ3v) is 0.812. The van der Waals surface area contributed by atoms with Crippen molar-refractivity contribution in [1.82, 2.24) is 5.48 Å². The van der Waals surface area contributed by atoms with Crippen LogP contribution in [0.25, 0.3) is 0 Å². The highest BCUT2D eigenvalue weighted by Gasteiger charge is 2.20. The second-order valence-corrected chi connectivity index (χ2v) is 1.51.